The summed E-state index contributed by atoms with van der Waals surface area (Å²) in [4.78, 5) is 12.6. The van der Waals surface area contributed by atoms with Crippen molar-refractivity contribution in [3.05, 3.63) is 65.5 Å². The van der Waals surface area contributed by atoms with Gasteiger partial charge < -0.3 is 14.0 Å². The third-order valence-corrected chi connectivity index (χ3v) is 4.17. The lowest BCUT2D eigenvalue weighted by Crippen LogP contribution is -1.97. The summed E-state index contributed by atoms with van der Waals surface area (Å²) in [7, 11) is 1.99. The minimum absolute atomic E-state index is 0.0963. The molecule has 3 aromatic rings. The molecule has 4 nitrogen and oxygen atoms in total. The molecule has 4 rings (SSSR count). The van der Waals surface area contributed by atoms with E-state index < -0.39 is 0 Å². The van der Waals surface area contributed by atoms with Gasteiger partial charge in [-0.05, 0) is 31.2 Å². The molecule has 1 aliphatic rings. The second-order valence-electron chi connectivity index (χ2n) is 5.74. The summed E-state index contributed by atoms with van der Waals surface area (Å²) >= 11 is 0. The minimum atomic E-state index is -0.0963. The zero-order valence-electron chi connectivity index (χ0n) is 13.6. The Morgan fingerprint density at radius 2 is 2.04 bits per heavy atom. The van der Waals surface area contributed by atoms with Crippen molar-refractivity contribution in [2.75, 3.05) is 6.61 Å². The highest BCUT2D eigenvalue weighted by Gasteiger charge is 2.28. The second-order valence-corrected chi connectivity index (χ2v) is 5.74. The van der Waals surface area contributed by atoms with E-state index in [2.05, 4.69) is 6.07 Å². The van der Waals surface area contributed by atoms with Crippen molar-refractivity contribution >= 4 is 22.8 Å². The maximum atomic E-state index is 12.6. The molecular formula is C20H17NO3. The molecule has 24 heavy (non-hydrogen) atoms. The van der Waals surface area contributed by atoms with Gasteiger partial charge in [-0.15, -0.1) is 0 Å². The third kappa shape index (κ3) is 2.27. The van der Waals surface area contributed by atoms with Gasteiger partial charge >= 0.3 is 0 Å². The number of ketones is 1. The molecule has 2 aromatic carbocycles. The van der Waals surface area contributed by atoms with E-state index in [1.54, 1.807) is 18.2 Å². The number of hydrogen-bond acceptors (Lipinski definition) is 3. The Labute approximate surface area is 139 Å². The molecule has 1 aliphatic heterocycles. The first-order valence-electron chi connectivity index (χ1n) is 7.92. The van der Waals surface area contributed by atoms with Crippen molar-refractivity contribution in [1.82, 2.24) is 4.57 Å². The SMILES string of the molecule is CCOc1ccc2c(c1)O/C(=C\c1cn(C)c3ccccc13)C2=O. The molecule has 120 valence electrons. The van der Waals surface area contributed by atoms with Crippen molar-refractivity contribution < 1.29 is 14.3 Å². The van der Waals surface area contributed by atoms with E-state index in [0.29, 0.717) is 29.4 Å². The fourth-order valence-electron chi connectivity index (χ4n) is 3.05. The van der Waals surface area contributed by atoms with Crippen LogP contribution in [-0.2, 0) is 7.05 Å². The van der Waals surface area contributed by atoms with Crippen molar-refractivity contribution in [3.63, 3.8) is 0 Å². The fourth-order valence-corrected chi connectivity index (χ4v) is 3.05. The van der Waals surface area contributed by atoms with Crippen LogP contribution in [0.3, 0.4) is 0 Å². The predicted molar refractivity (Wildman–Crippen MR) is 93.5 cm³/mol. The molecule has 2 heterocycles. The Hall–Kier alpha value is -3.01. The molecule has 0 atom stereocenters. The van der Waals surface area contributed by atoms with Gasteiger partial charge in [0.2, 0.25) is 5.78 Å². The highest BCUT2D eigenvalue weighted by molar-refractivity contribution is 6.15. The molecule has 0 saturated heterocycles. The highest BCUT2D eigenvalue weighted by Crippen LogP contribution is 2.35. The maximum Gasteiger partial charge on any atom is 0.231 e. The number of para-hydroxylation sites is 1. The molecule has 4 heteroatoms. The first-order chi connectivity index (χ1) is 11.7. The van der Waals surface area contributed by atoms with Crippen LogP contribution in [0.2, 0.25) is 0 Å². The number of benzene rings is 2. The molecule has 0 unspecified atom stereocenters. The molecule has 0 amide bonds. The molecule has 0 aliphatic carbocycles. The van der Waals surface area contributed by atoms with Crippen molar-refractivity contribution in [2.45, 2.75) is 6.92 Å². The van der Waals surface area contributed by atoms with E-state index in [9.17, 15) is 4.79 Å². The van der Waals surface area contributed by atoms with Crippen LogP contribution in [0.15, 0.2) is 54.4 Å². The van der Waals surface area contributed by atoms with Gasteiger partial charge in [0.25, 0.3) is 0 Å². The number of hydrogen-bond donors (Lipinski definition) is 0. The normalized spacial score (nSPS) is 14.9. The number of carbonyl (C=O) groups excluding carboxylic acids is 1. The van der Waals surface area contributed by atoms with E-state index in [0.717, 1.165) is 16.5 Å². The number of ether oxygens (including phenoxy) is 2. The zero-order valence-corrected chi connectivity index (χ0v) is 13.6. The Bertz CT molecular complexity index is 982. The van der Waals surface area contributed by atoms with Crippen LogP contribution in [0.5, 0.6) is 11.5 Å². The van der Waals surface area contributed by atoms with E-state index in [-0.39, 0.29) is 5.78 Å². The van der Waals surface area contributed by atoms with Crippen LogP contribution in [0.1, 0.15) is 22.8 Å². The average Bonchev–Trinajstić information content (AvgIpc) is 3.07. The van der Waals surface area contributed by atoms with Crippen LogP contribution >= 0.6 is 0 Å². The molecule has 0 bridgehead atoms. The summed E-state index contributed by atoms with van der Waals surface area (Å²) in [6, 6.07) is 13.4. The molecule has 0 N–H and O–H groups in total. The summed E-state index contributed by atoms with van der Waals surface area (Å²) in [5, 5.41) is 1.09. The fraction of sp³-hybridized carbons (Fsp3) is 0.150. The van der Waals surface area contributed by atoms with Gasteiger partial charge in [-0.1, -0.05) is 18.2 Å². The smallest absolute Gasteiger partial charge is 0.231 e. The van der Waals surface area contributed by atoms with E-state index >= 15 is 0 Å². The number of Topliss-reactive ketones (excluding diaryl/α,β-unsaturated/α-hetero) is 1. The largest absolute Gasteiger partial charge is 0.494 e. The first kappa shape index (κ1) is 14.6. The lowest BCUT2D eigenvalue weighted by atomic mass is 10.1. The van der Waals surface area contributed by atoms with Gasteiger partial charge in [-0.25, -0.2) is 0 Å². The standard InChI is InChI=1S/C20H17NO3/c1-3-23-14-8-9-16-18(11-14)24-19(20(16)22)10-13-12-21(2)17-7-5-4-6-15(13)17/h4-12H,3H2,1-2H3/b19-10-. The Morgan fingerprint density at radius 1 is 1.21 bits per heavy atom. The monoisotopic (exact) mass is 319 g/mol. The van der Waals surface area contributed by atoms with Gasteiger partial charge in [-0.3, -0.25) is 4.79 Å². The Kier molecular flexibility index (Phi) is 3.38. The van der Waals surface area contributed by atoms with Crippen LogP contribution in [0.4, 0.5) is 0 Å². The maximum absolute atomic E-state index is 12.6. The Balaban J connectivity index is 1.75. The summed E-state index contributed by atoms with van der Waals surface area (Å²) in [6.07, 6.45) is 3.81. The van der Waals surface area contributed by atoms with Crippen LogP contribution in [-0.4, -0.2) is 17.0 Å². The molecule has 0 radical (unpaired) electrons. The molecular weight excluding hydrogens is 302 g/mol. The summed E-state index contributed by atoms with van der Waals surface area (Å²) in [6.45, 7) is 2.50. The second kappa shape index (κ2) is 5.57. The Morgan fingerprint density at radius 3 is 2.88 bits per heavy atom. The van der Waals surface area contributed by atoms with E-state index in [1.165, 1.54) is 0 Å². The van der Waals surface area contributed by atoms with E-state index in [4.69, 9.17) is 9.47 Å². The lowest BCUT2D eigenvalue weighted by molar-refractivity contribution is 0.101. The van der Waals surface area contributed by atoms with Gasteiger partial charge in [-0.2, -0.15) is 0 Å². The molecule has 1 aromatic heterocycles. The number of nitrogens with zero attached hydrogens (tertiary/aromatic N) is 1. The average molecular weight is 319 g/mol. The summed E-state index contributed by atoms with van der Waals surface area (Å²) < 4.78 is 13.3. The van der Waals surface area contributed by atoms with Crippen molar-refractivity contribution in [2.24, 2.45) is 7.05 Å². The lowest BCUT2D eigenvalue weighted by Gasteiger charge is -2.03. The number of aryl methyl sites for hydroxylation is 1. The van der Waals surface area contributed by atoms with Gasteiger partial charge in [0.05, 0.1) is 12.2 Å². The number of aromatic nitrogens is 1. The highest BCUT2D eigenvalue weighted by atomic mass is 16.5. The topological polar surface area (TPSA) is 40.5 Å². The minimum Gasteiger partial charge on any atom is -0.494 e. The summed E-state index contributed by atoms with van der Waals surface area (Å²) in [5.74, 6) is 1.50. The summed E-state index contributed by atoms with van der Waals surface area (Å²) in [5.41, 5.74) is 2.66. The van der Waals surface area contributed by atoms with Crippen molar-refractivity contribution in [3.8, 4) is 11.5 Å². The number of rotatable bonds is 3. The predicted octanol–water partition coefficient (Wildman–Crippen LogP) is 4.19. The number of fused-ring (bicyclic) bond motifs is 2. The molecule has 0 fully saturated rings. The molecule has 0 spiro atoms. The first-order valence-corrected chi connectivity index (χ1v) is 7.92. The van der Waals surface area contributed by atoms with Gasteiger partial charge in [0.1, 0.15) is 11.5 Å². The quantitative estimate of drug-likeness (QED) is 0.680. The number of allylic oxidation sites excluding steroid dienone is 1. The van der Waals surface area contributed by atoms with E-state index in [1.807, 2.05) is 49.0 Å². The van der Waals surface area contributed by atoms with Crippen LogP contribution in [0.25, 0.3) is 17.0 Å². The van der Waals surface area contributed by atoms with Crippen molar-refractivity contribution in [1.29, 1.82) is 0 Å². The third-order valence-electron chi connectivity index (χ3n) is 4.17. The van der Waals surface area contributed by atoms with Crippen LogP contribution in [0, 0.1) is 0 Å². The van der Waals surface area contributed by atoms with Gasteiger partial charge in [0, 0.05) is 35.8 Å². The van der Waals surface area contributed by atoms with Gasteiger partial charge in [0.15, 0.2) is 5.76 Å². The zero-order chi connectivity index (χ0) is 16.7. The van der Waals surface area contributed by atoms with Crippen LogP contribution < -0.4 is 9.47 Å². The molecule has 0 saturated carbocycles. The number of carbonyl (C=O) groups is 1.